The lowest BCUT2D eigenvalue weighted by atomic mass is 10.1. The zero-order chi connectivity index (χ0) is 16.4. The number of halogens is 1. The van der Waals surface area contributed by atoms with Crippen LogP contribution in [0.4, 0.5) is 0 Å². The third-order valence-electron chi connectivity index (χ3n) is 3.90. The Balaban J connectivity index is 1.87. The molecular weight excluding hydrogens is 314 g/mol. The van der Waals surface area contributed by atoms with Crippen molar-refractivity contribution in [1.29, 1.82) is 0 Å². The molecule has 2 aromatic carbocycles. The molecule has 0 atom stereocenters. The number of hydrogen-bond acceptors (Lipinski definition) is 3. The number of rotatable bonds is 4. The average molecular weight is 331 g/mol. The van der Waals surface area contributed by atoms with E-state index in [1.165, 1.54) is 6.07 Å². The van der Waals surface area contributed by atoms with E-state index in [4.69, 9.17) is 16.0 Å². The summed E-state index contributed by atoms with van der Waals surface area (Å²) >= 11 is 6.15. The molecule has 4 nitrogen and oxygen atoms in total. The van der Waals surface area contributed by atoms with E-state index in [1.54, 1.807) is 19.1 Å². The van der Waals surface area contributed by atoms with Gasteiger partial charge in [0.25, 0.3) is 0 Å². The monoisotopic (exact) mass is 330 g/mol. The average Bonchev–Trinajstić information content (AvgIpc) is 2.53. The zero-order valence-corrected chi connectivity index (χ0v) is 13.4. The minimum atomic E-state index is -0.410. The standard InChI is InChI=1S/C18H16ClNO3/c1-11-16(21)7-6-14-13(8-17(22)23-18(11)14)10-20-9-12-4-2-3-5-15(12)19/h2-8,20-21H,9-10H2,1H3/p+1. The number of aromatic hydroxyl groups is 1. The third kappa shape index (κ3) is 3.23. The van der Waals surface area contributed by atoms with Gasteiger partial charge < -0.3 is 14.8 Å². The van der Waals surface area contributed by atoms with Gasteiger partial charge in [0.15, 0.2) is 0 Å². The molecule has 0 amide bonds. The van der Waals surface area contributed by atoms with Gasteiger partial charge in [-0.15, -0.1) is 0 Å². The van der Waals surface area contributed by atoms with E-state index < -0.39 is 5.63 Å². The van der Waals surface area contributed by atoms with Crippen LogP contribution in [0.1, 0.15) is 16.7 Å². The molecule has 3 rings (SSSR count). The van der Waals surface area contributed by atoms with Crippen LogP contribution in [0.3, 0.4) is 0 Å². The van der Waals surface area contributed by atoms with Gasteiger partial charge >= 0.3 is 5.63 Å². The van der Waals surface area contributed by atoms with Crippen molar-refractivity contribution in [3.8, 4) is 5.75 Å². The van der Waals surface area contributed by atoms with E-state index in [9.17, 15) is 9.90 Å². The number of phenolic OH excluding ortho intramolecular Hbond substituents is 1. The van der Waals surface area contributed by atoms with Gasteiger partial charge in [-0.05, 0) is 25.1 Å². The first-order valence-electron chi connectivity index (χ1n) is 7.36. The molecular formula is C18H17ClNO3+. The van der Waals surface area contributed by atoms with Crippen LogP contribution in [-0.2, 0) is 13.1 Å². The van der Waals surface area contributed by atoms with Crippen molar-refractivity contribution >= 4 is 22.6 Å². The normalized spacial score (nSPS) is 11.0. The smallest absolute Gasteiger partial charge is 0.336 e. The molecule has 118 valence electrons. The summed E-state index contributed by atoms with van der Waals surface area (Å²) in [5.74, 6) is 0.123. The van der Waals surface area contributed by atoms with Gasteiger partial charge in [0.1, 0.15) is 24.4 Å². The molecule has 0 fully saturated rings. The predicted molar refractivity (Wildman–Crippen MR) is 89.7 cm³/mol. The van der Waals surface area contributed by atoms with Gasteiger partial charge in [0.2, 0.25) is 0 Å². The Morgan fingerprint density at radius 2 is 1.87 bits per heavy atom. The summed E-state index contributed by atoms with van der Waals surface area (Å²) < 4.78 is 5.25. The molecule has 3 aromatic rings. The van der Waals surface area contributed by atoms with E-state index in [2.05, 4.69) is 5.32 Å². The van der Waals surface area contributed by atoms with Gasteiger partial charge in [-0.1, -0.05) is 29.8 Å². The Morgan fingerprint density at radius 1 is 1.13 bits per heavy atom. The maximum atomic E-state index is 11.8. The van der Waals surface area contributed by atoms with Gasteiger partial charge in [-0.3, -0.25) is 0 Å². The highest BCUT2D eigenvalue weighted by atomic mass is 35.5. The lowest BCUT2D eigenvalue weighted by Gasteiger charge is -2.08. The lowest BCUT2D eigenvalue weighted by Crippen LogP contribution is -2.80. The highest BCUT2D eigenvalue weighted by Crippen LogP contribution is 2.27. The first kappa shape index (κ1) is 15.6. The fraction of sp³-hybridized carbons (Fsp3) is 0.167. The second kappa shape index (κ2) is 6.44. The Hall–Kier alpha value is -2.30. The Kier molecular flexibility index (Phi) is 4.37. The summed E-state index contributed by atoms with van der Waals surface area (Å²) in [6, 6.07) is 12.6. The fourth-order valence-electron chi connectivity index (χ4n) is 2.63. The van der Waals surface area contributed by atoms with Crippen LogP contribution in [-0.4, -0.2) is 5.11 Å². The van der Waals surface area contributed by atoms with Gasteiger partial charge in [0.05, 0.1) is 0 Å². The fourth-order valence-corrected chi connectivity index (χ4v) is 2.84. The molecule has 0 spiro atoms. The van der Waals surface area contributed by atoms with Gasteiger partial charge in [0, 0.05) is 33.2 Å². The molecule has 23 heavy (non-hydrogen) atoms. The van der Waals surface area contributed by atoms with Gasteiger partial charge in [-0.25, -0.2) is 4.79 Å². The van der Waals surface area contributed by atoms with Crippen LogP contribution in [0, 0.1) is 6.92 Å². The Labute approximate surface area is 138 Å². The molecule has 1 aromatic heterocycles. The summed E-state index contributed by atoms with van der Waals surface area (Å²) in [5.41, 5.74) is 2.54. The highest BCUT2D eigenvalue weighted by molar-refractivity contribution is 6.31. The molecule has 0 saturated heterocycles. The van der Waals surface area contributed by atoms with E-state index in [-0.39, 0.29) is 5.75 Å². The third-order valence-corrected chi connectivity index (χ3v) is 4.27. The SMILES string of the molecule is Cc1c(O)ccc2c(C[NH2+]Cc3ccccc3Cl)cc(=O)oc12. The molecule has 0 aliphatic heterocycles. The number of quaternary nitrogens is 1. The van der Waals surface area contributed by atoms with Crippen LogP contribution in [0.15, 0.2) is 51.7 Å². The highest BCUT2D eigenvalue weighted by Gasteiger charge is 2.12. The topological polar surface area (TPSA) is 67.1 Å². The molecule has 0 aliphatic rings. The van der Waals surface area contributed by atoms with E-state index in [1.807, 2.05) is 24.3 Å². The van der Waals surface area contributed by atoms with Crippen molar-refractivity contribution in [2.24, 2.45) is 0 Å². The number of hydrogen-bond donors (Lipinski definition) is 2. The molecule has 0 unspecified atom stereocenters. The van der Waals surface area contributed by atoms with Gasteiger partial charge in [-0.2, -0.15) is 0 Å². The van der Waals surface area contributed by atoms with Crippen LogP contribution < -0.4 is 10.9 Å². The number of benzene rings is 2. The van der Waals surface area contributed by atoms with Crippen LogP contribution in [0.2, 0.25) is 5.02 Å². The molecule has 0 saturated carbocycles. The molecule has 0 radical (unpaired) electrons. The lowest BCUT2D eigenvalue weighted by molar-refractivity contribution is -0.686. The Bertz CT molecular complexity index is 918. The molecule has 0 bridgehead atoms. The summed E-state index contributed by atoms with van der Waals surface area (Å²) in [5, 5.41) is 13.4. The van der Waals surface area contributed by atoms with Crippen molar-refractivity contribution in [3.63, 3.8) is 0 Å². The summed E-state index contributed by atoms with van der Waals surface area (Å²) in [7, 11) is 0. The van der Waals surface area contributed by atoms with Crippen molar-refractivity contribution in [3.05, 3.63) is 74.6 Å². The summed E-state index contributed by atoms with van der Waals surface area (Å²) in [4.78, 5) is 11.8. The van der Waals surface area contributed by atoms with Crippen molar-refractivity contribution in [2.45, 2.75) is 20.0 Å². The van der Waals surface area contributed by atoms with E-state index in [0.717, 1.165) is 28.1 Å². The maximum absolute atomic E-state index is 11.8. The van der Waals surface area contributed by atoms with Crippen molar-refractivity contribution in [2.75, 3.05) is 0 Å². The van der Waals surface area contributed by atoms with E-state index in [0.29, 0.717) is 17.7 Å². The van der Waals surface area contributed by atoms with Crippen LogP contribution >= 0.6 is 11.6 Å². The largest absolute Gasteiger partial charge is 0.508 e. The second-order valence-electron chi connectivity index (χ2n) is 5.47. The zero-order valence-electron chi connectivity index (χ0n) is 12.7. The first-order chi connectivity index (χ1) is 11.1. The summed E-state index contributed by atoms with van der Waals surface area (Å²) in [6.07, 6.45) is 0. The van der Waals surface area contributed by atoms with Crippen molar-refractivity contribution in [1.82, 2.24) is 0 Å². The van der Waals surface area contributed by atoms with Crippen LogP contribution in [0.5, 0.6) is 5.75 Å². The molecule has 3 N–H and O–H groups in total. The second-order valence-corrected chi connectivity index (χ2v) is 5.87. The number of phenols is 1. The number of fused-ring (bicyclic) bond motifs is 1. The van der Waals surface area contributed by atoms with Crippen molar-refractivity contribution < 1.29 is 14.8 Å². The minimum Gasteiger partial charge on any atom is -0.508 e. The molecule has 1 heterocycles. The quantitative estimate of drug-likeness (QED) is 0.723. The molecule has 0 aliphatic carbocycles. The Morgan fingerprint density at radius 3 is 2.65 bits per heavy atom. The number of aryl methyl sites for hydroxylation is 1. The maximum Gasteiger partial charge on any atom is 0.336 e. The number of nitrogens with two attached hydrogens (primary N) is 1. The molecule has 5 heteroatoms. The minimum absolute atomic E-state index is 0.123. The first-order valence-corrected chi connectivity index (χ1v) is 7.74. The van der Waals surface area contributed by atoms with Crippen LogP contribution in [0.25, 0.3) is 11.0 Å². The summed E-state index contributed by atoms with van der Waals surface area (Å²) in [6.45, 7) is 3.08. The van der Waals surface area contributed by atoms with E-state index >= 15 is 0 Å². The predicted octanol–water partition coefficient (Wildman–Crippen LogP) is 2.72.